The van der Waals surface area contributed by atoms with Crippen LogP contribution in [0, 0.1) is 5.92 Å². The summed E-state index contributed by atoms with van der Waals surface area (Å²) in [5.74, 6) is 0.936. The molecule has 1 aliphatic carbocycles. The van der Waals surface area contributed by atoms with Crippen molar-refractivity contribution in [3.63, 3.8) is 0 Å². The van der Waals surface area contributed by atoms with Crippen LogP contribution in [0.5, 0.6) is 0 Å². The van der Waals surface area contributed by atoms with Gasteiger partial charge in [0.05, 0.1) is 11.6 Å². The third-order valence-electron chi connectivity index (χ3n) is 8.34. The number of likely N-dealkylation sites (tertiary alicyclic amines) is 1. The highest BCUT2D eigenvalue weighted by molar-refractivity contribution is 6.04. The predicted octanol–water partition coefficient (Wildman–Crippen LogP) is 5.02. The zero-order chi connectivity index (χ0) is 29.1. The fraction of sp³-hybridized carbons (Fsp3) is 0.364. The van der Waals surface area contributed by atoms with Crippen molar-refractivity contribution in [3.8, 4) is 0 Å². The molecule has 6 rings (SSSR count). The summed E-state index contributed by atoms with van der Waals surface area (Å²) in [4.78, 5) is 34.4. The molecule has 3 N–H and O–H groups in total. The van der Waals surface area contributed by atoms with E-state index in [1.807, 2.05) is 54.6 Å². The van der Waals surface area contributed by atoms with E-state index in [2.05, 4.69) is 31.5 Å². The number of amides is 2. The van der Waals surface area contributed by atoms with E-state index < -0.39 is 0 Å². The molecule has 2 amide bonds. The molecule has 0 bridgehead atoms. The number of aromatic nitrogens is 2. The molecule has 2 fully saturated rings. The summed E-state index contributed by atoms with van der Waals surface area (Å²) in [6, 6.07) is 19.6. The molecular weight excluding hydrogens is 528 g/mol. The maximum atomic E-state index is 13.1. The van der Waals surface area contributed by atoms with Crippen LogP contribution in [-0.2, 0) is 6.42 Å². The van der Waals surface area contributed by atoms with E-state index in [-0.39, 0.29) is 18.0 Å². The quantitative estimate of drug-likeness (QED) is 0.263. The highest BCUT2D eigenvalue weighted by Crippen LogP contribution is 2.37. The van der Waals surface area contributed by atoms with Crippen molar-refractivity contribution in [2.75, 3.05) is 43.4 Å². The standard InChI is InChI=1S/C33H38N6O3/c1-34-33(42)38-19-12-26-20-27(8-9-30(26)38)39(22-24-2-3-24)28-10-15-35-31(21-28)36-32(41)25-6-4-23(5-7-25)11-16-37-17-13-29(40)14-18-37/h4-10,12,15,19-21,24,29,40H,2-3,11,13-14,16-18,22H2,1H3,(H,34,42)(H,35,36,41). The minimum absolute atomic E-state index is 0.158. The number of fused-ring (bicyclic) bond motifs is 1. The van der Waals surface area contributed by atoms with Crippen molar-refractivity contribution in [2.24, 2.45) is 5.92 Å². The van der Waals surface area contributed by atoms with E-state index in [9.17, 15) is 14.7 Å². The number of aliphatic hydroxyl groups excluding tert-OH is 1. The van der Waals surface area contributed by atoms with Crippen LogP contribution in [0.3, 0.4) is 0 Å². The Bertz CT molecular complexity index is 1550. The van der Waals surface area contributed by atoms with E-state index in [0.29, 0.717) is 17.3 Å². The number of nitrogens with zero attached hydrogens (tertiary/aromatic N) is 4. The fourth-order valence-corrected chi connectivity index (χ4v) is 5.61. The average Bonchev–Trinajstić information content (AvgIpc) is 3.75. The number of aliphatic hydroxyl groups is 1. The molecule has 3 heterocycles. The SMILES string of the molecule is CNC(=O)n1ccc2cc(N(CC3CC3)c3ccnc(NC(=O)c4ccc(CCN5CCC(O)CC5)cc4)c3)ccc21. The highest BCUT2D eigenvalue weighted by atomic mass is 16.3. The van der Waals surface area contributed by atoms with Crippen molar-refractivity contribution in [2.45, 2.75) is 38.2 Å². The number of hydrogen-bond donors (Lipinski definition) is 3. The molecule has 4 aromatic rings. The molecule has 9 heteroatoms. The average molecular weight is 567 g/mol. The van der Waals surface area contributed by atoms with Gasteiger partial charge in [-0.15, -0.1) is 0 Å². The number of rotatable bonds is 9. The number of hydrogen-bond acceptors (Lipinski definition) is 6. The Labute approximate surface area is 246 Å². The fourth-order valence-electron chi connectivity index (χ4n) is 5.61. The second-order valence-corrected chi connectivity index (χ2v) is 11.4. The summed E-state index contributed by atoms with van der Waals surface area (Å²) in [6.07, 6.45) is 8.37. The highest BCUT2D eigenvalue weighted by Gasteiger charge is 2.26. The third-order valence-corrected chi connectivity index (χ3v) is 8.34. The van der Waals surface area contributed by atoms with Gasteiger partial charge in [0.25, 0.3) is 5.91 Å². The van der Waals surface area contributed by atoms with Crippen LogP contribution in [0.1, 0.15) is 41.6 Å². The summed E-state index contributed by atoms with van der Waals surface area (Å²) in [7, 11) is 1.62. The van der Waals surface area contributed by atoms with Crippen molar-refractivity contribution in [3.05, 3.63) is 84.2 Å². The normalized spacial score (nSPS) is 16.0. The summed E-state index contributed by atoms with van der Waals surface area (Å²) in [5, 5.41) is 16.3. The van der Waals surface area contributed by atoms with Gasteiger partial charge in [-0.1, -0.05) is 12.1 Å². The lowest BCUT2D eigenvalue weighted by molar-refractivity contribution is 0.0832. The van der Waals surface area contributed by atoms with Gasteiger partial charge in [0.2, 0.25) is 0 Å². The van der Waals surface area contributed by atoms with Crippen molar-refractivity contribution < 1.29 is 14.7 Å². The molecule has 1 saturated carbocycles. The van der Waals surface area contributed by atoms with Gasteiger partial charge < -0.3 is 25.5 Å². The second kappa shape index (κ2) is 12.3. The molecule has 0 radical (unpaired) electrons. The first kappa shape index (κ1) is 27.9. The zero-order valence-corrected chi connectivity index (χ0v) is 24.0. The minimum atomic E-state index is -0.193. The third kappa shape index (κ3) is 6.48. The minimum Gasteiger partial charge on any atom is -0.393 e. The first-order chi connectivity index (χ1) is 20.5. The topological polar surface area (TPSA) is 103 Å². The van der Waals surface area contributed by atoms with Gasteiger partial charge in [-0.25, -0.2) is 9.78 Å². The Morgan fingerprint density at radius 2 is 1.74 bits per heavy atom. The lowest BCUT2D eigenvalue weighted by Gasteiger charge is -2.29. The van der Waals surface area contributed by atoms with Crippen LogP contribution in [0.15, 0.2) is 73.1 Å². The Balaban J connectivity index is 1.14. The van der Waals surface area contributed by atoms with E-state index in [0.717, 1.165) is 67.7 Å². The van der Waals surface area contributed by atoms with Gasteiger partial charge in [0, 0.05) is 74.0 Å². The first-order valence-corrected chi connectivity index (χ1v) is 14.8. The van der Waals surface area contributed by atoms with Gasteiger partial charge in [-0.05, 0) is 86.1 Å². The Morgan fingerprint density at radius 3 is 2.48 bits per heavy atom. The lowest BCUT2D eigenvalue weighted by Crippen LogP contribution is -2.37. The van der Waals surface area contributed by atoms with Crippen LogP contribution >= 0.6 is 0 Å². The smallest absolute Gasteiger partial charge is 0.325 e. The Hall–Kier alpha value is -4.21. The monoisotopic (exact) mass is 566 g/mol. The Morgan fingerprint density at radius 1 is 0.976 bits per heavy atom. The molecule has 1 aliphatic heterocycles. The molecule has 42 heavy (non-hydrogen) atoms. The van der Waals surface area contributed by atoms with Gasteiger partial charge in [-0.2, -0.15) is 0 Å². The number of benzene rings is 2. The van der Waals surface area contributed by atoms with Crippen molar-refractivity contribution in [1.82, 2.24) is 19.8 Å². The molecular formula is C33H38N6O3. The summed E-state index contributed by atoms with van der Waals surface area (Å²) in [5.41, 5.74) is 4.62. The Kier molecular flexibility index (Phi) is 8.21. The van der Waals surface area contributed by atoms with Gasteiger partial charge in [0.1, 0.15) is 5.82 Å². The molecule has 0 spiro atoms. The number of carbonyl (C=O) groups is 2. The van der Waals surface area contributed by atoms with E-state index >= 15 is 0 Å². The van der Waals surface area contributed by atoms with Crippen LogP contribution < -0.4 is 15.5 Å². The molecule has 0 unspecified atom stereocenters. The molecule has 1 saturated heterocycles. The van der Waals surface area contributed by atoms with Crippen LogP contribution in [0.4, 0.5) is 22.0 Å². The first-order valence-electron chi connectivity index (χ1n) is 14.8. The maximum Gasteiger partial charge on any atom is 0.325 e. The molecule has 2 aromatic carbocycles. The van der Waals surface area contributed by atoms with Crippen LogP contribution in [0.25, 0.3) is 10.9 Å². The number of nitrogens with one attached hydrogen (secondary N) is 2. The molecule has 9 nitrogen and oxygen atoms in total. The second-order valence-electron chi connectivity index (χ2n) is 11.4. The largest absolute Gasteiger partial charge is 0.393 e. The maximum absolute atomic E-state index is 13.1. The van der Waals surface area contributed by atoms with Crippen LogP contribution in [0.2, 0.25) is 0 Å². The predicted molar refractivity (Wildman–Crippen MR) is 166 cm³/mol. The van der Waals surface area contributed by atoms with Gasteiger partial charge in [-0.3, -0.25) is 9.36 Å². The summed E-state index contributed by atoms with van der Waals surface area (Å²) in [6.45, 7) is 3.70. The van der Waals surface area contributed by atoms with Crippen molar-refractivity contribution in [1.29, 1.82) is 0 Å². The summed E-state index contributed by atoms with van der Waals surface area (Å²) >= 11 is 0. The van der Waals surface area contributed by atoms with E-state index in [1.54, 1.807) is 24.0 Å². The van der Waals surface area contributed by atoms with E-state index in [4.69, 9.17) is 0 Å². The van der Waals surface area contributed by atoms with Crippen molar-refractivity contribution >= 4 is 40.0 Å². The number of anilines is 3. The van der Waals surface area contributed by atoms with Crippen LogP contribution in [-0.4, -0.2) is 70.8 Å². The van der Waals surface area contributed by atoms with E-state index in [1.165, 1.54) is 18.4 Å². The lowest BCUT2D eigenvalue weighted by atomic mass is 10.1. The van der Waals surface area contributed by atoms with Gasteiger partial charge >= 0.3 is 6.03 Å². The number of carbonyl (C=O) groups excluding carboxylic acids is 2. The number of piperidine rings is 1. The molecule has 218 valence electrons. The number of pyridine rings is 1. The zero-order valence-electron chi connectivity index (χ0n) is 24.0. The molecule has 0 atom stereocenters. The molecule has 2 aromatic heterocycles. The summed E-state index contributed by atoms with van der Waals surface area (Å²) < 4.78 is 1.61. The molecule has 2 aliphatic rings. The van der Waals surface area contributed by atoms with Gasteiger partial charge in [0.15, 0.2) is 0 Å².